The van der Waals surface area contributed by atoms with Crippen LogP contribution >= 0.6 is 11.3 Å². The summed E-state index contributed by atoms with van der Waals surface area (Å²) in [6.45, 7) is -0.552. The number of urea groups is 1. The van der Waals surface area contributed by atoms with Crippen LogP contribution in [0.3, 0.4) is 0 Å². The lowest BCUT2D eigenvalue weighted by atomic mass is 10.3. The first-order valence-corrected chi connectivity index (χ1v) is 8.08. The summed E-state index contributed by atoms with van der Waals surface area (Å²) in [5.74, 6) is -0.757. The molecule has 3 amide bonds. The number of carbonyl (C=O) groups is 3. The van der Waals surface area contributed by atoms with Crippen LogP contribution in [0.5, 0.6) is 5.75 Å². The van der Waals surface area contributed by atoms with Crippen LogP contribution in [0.25, 0.3) is 6.08 Å². The number of hydrogen-bond acceptors (Lipinski definition) is 6. The maximum Gasteiger partial charge on any atom is 0.331 e. The smallest absolute Gasteiger partial charge is 0.331 e. The molecule has 0 fully saturated rings. The Labute approximate surface area is 148 Å². The topological polar surface area (TPSA) is 93.7 Å². The van der Waals surface area contributed by atoms with Gasteiger partial charge in [0.1, 0.15) is 5.75 Å². The van der Waals surface area contributed by atoms with Crippen LogP contribution in [-0.2, 0) is 14.3 Å². The predicted molar refractivity (Wildman–Crippen MR) is 94.5 cm³/mol. The van der Waals surface area contributed by atoms with Crippen molar-refractivity contribution in [1.82, 2.24) is 5.32 Å². The van der Waals surface area contributed by atoms with E-state index in [1.54, 1.807) is 30.3 Å². The zero-order valence-electron chi connectivity index (χ0n) is 13.4. The SMILES string of the molecule is COc1ccc(NC(=O)NC(=O)COC(=O)/C=C/c2cccs2)cc1. The second-order valence-electron chi connectivity index (χ2n) is 4.69. The van der Waals surface area contributed by atoms with Crippen LogP contribution < -0.4 is 15.4 Å². The fourth-order valence-corrected chi connectivity index (χ4v) is 2.34. The molecule has 2 aromatic rings. The van der Waals surface area contributed by atoms with Gasteiger partial charge in [0.25, 0.3) is 5.91 Å². The molecule has 0 saturated heterocycles. The highest BCUT2D eigenvalue weighted by Gasteiger charge is 2.10. The Morgan fingerprint density at radius 2 is 1.92 bits per heavy atom. The molecule has 2 N–H and O–H groups in total. The Kier molecular flexibility index (Phi) is 6.73. The number of benzene rings is 1. The van der Waals surface area contributed by atoms with Gasteiger partial charge in [-0.3, -0.25) is 10.1 Å². The molecule has 0 aliphatic carbocycles. The number of amides is 3. The third-order valence-corrected chi connectivity index (χ3v) is 3.71. The zero-order chi connectivity index (χ0) is 18.1. The van der Waals surface area contributed by atoms with Crippen LogP contribution in [0, 0.1) is 0 Å². The van der Waals surface area contributed by atoms with Gasteiger partial charge in [-0.2, -0.15) is 0 Å². The number of anilines is 1. The van der Waals surface area contributed by atoms with E-state index in [9.17, 15) is 14.4 Å². The molecule has 0 unspecified atom stereocenters. The highest BCUT2D eigenvalue weighted by Crippen LogP contribution is 2.14. The van der Waals surface area contributed by atoms with Gasteiger partial charge in [-0.25, -0.2) is 9.59 Å². The largest absolute Gasteiger partial charge is 0.497 e. The summed E-state index contributed by atoms with van der Waals surface area (Å²) in [6.07, 6.45) is 2.80. The number of methoxy groups -OCH3 is 1. The molecule has 7 nitrogen and oxygen atoms in total. The number of rotatable bonds is 6. The van der Waals surface area contributed by atoms with Crippen molar-refractivity contribution in [2.45, 2.75) is 0 Å². The van der Waals surface area contributed by atoms with Crippen molar-refractivity contribution in [2.75, 3.05) is 19.0 Å². The zero-order valence-corrected chi connectivity index (χ0v) is 14.2. The minimum Gasteiger partial charge on any atom is -0.497 e. The predicted octanol–water partition coefficient (Wildman–Crippen LogP) is 2.66. The van der Waals surface area contributed by atoms with Gasteiger partial charge < -0.3 is 14.8 Å². The van der Waals surface area contributed by atoms with Crippen molar-refractivity contribution >= 4 is 41.0 Å². The van der Waals surface area contributed by atoms with Crippen LogP contribution in [0.15, 0.2) is 47.9 Å². The second-order valence-corrected chi connectivity index (χ2v) is 5.67. The Hall–Kier alpha value is -3.13. The van der Waals surface area contributed by atoms with Gasteiger partial charge in [-0.1, -0.05) is 6.07 Å². The molecule has 8 heteroatoms. The first-order chi connectivity index (χ1) is 12.1. The average Bonchev–Trinajstić information content (AvgIpc) is 3.12. The van der Waals surface area contributed by atoms with Gasteiger partial charge >= 0.3 is 12.0 Å². The molecule has 0 aliphatic rings. The van der Waals surface area contributed by atoms with Gasteiger partial charge in [0.2, 0.25) is 0 Å². The van der Waals surface area contributed by atoms with E-state index >= 15 is 0 Å². The third kappa shape index (κ3) is 6.48. The molecular formula is C17H16N2O5S. The fraction of sp³-hybridized carbons (Fsp3) is 0.118. The van der Waals surface area contributed by atoms with Crippen molar-refractivity contribution in [1.29, 1.82) is 0 Å². The lowest BCUT2D eigenvalue weighted by molar-refractivity contribution is -0.143. The van der Waals surface area contributed by atoms with Crippen LogP contribution in [0.1, 0.15) is 4.88 Å². The molecule has 1 aromatic carbocycles. The van der Waals surface area contributed by atoms with Gasteiger partial charge in [-0.05, 0) is 41.8 Å². The molecule has 1 aromatic heterocycles. The number of nitrogens with one attached hydrogen (secondary N) is 2. The summed E-state index contributed by atoms with van der Waals surface area (Å²) >= 11 is 1.47. The minimum atomic E-state index is -0.733. The third-order valence-electron chi connectivity index (χ3n) is 2.87. The molecule has 1 heterocycles. The number of imide groups is 1. The fourth-order valence-electron chi connectivity index (χ4n) is 1.72. The lowest BCUT2D eigenvalue weighted by Gasteiger charge is -2.07. The molecular weight excluding hydrogens is 344 g/mol. The van der Waals surface area contributed by atoms with E-state index in [2.05, 4.69) is 10.6 Å². The maximum atomic E-state index is 11.7. The highest BCUT2D eigenvalue weighted by atomic mass is 32.1. The van der Waals surface area contributed by atoms with E-state index in [0.29, 0.717) is 11.4 Å². The van der Waals surface area contributed by atoms with E-state index in [4.69, 9.17) is 9.47 Å². The number of ether oxygens (including phenoxy) is 2. The Morgan fingerprint density at radius 1 is 1.16 bits per heavy atom. The molecule has 0 spiro atoms. The van der Waals surface area contributed by atoms with Gasteiger partial charge in [0.15, 0.2) is 6.61 Å². The number of carbonyl (C=O) groups excluding carboxylic acids is 3. The van der Waals surface area contributed by atoms with Crippen molar-refractivity contribution in [3.8, 4) is 5.75 Å². The lowest BCUT2D eigenvalue weighted by Crippen LogP contribution is -2.37. The minimum absolute atomic E-state index is 0.488. The maximum absolute atomic E-state index is 11.7. The average molecular weight is 360 g/mol. The van der Waals surface area contributed by atoms with Crippen LogP contribution in [0.4, 0.5) is 10.5 Å². The van der Waals surface area contributed by atoms with Gasteiger partial charge in [0.05, 0.1) is 7.11 Å². The van der Waals surface area contributed by atoms with E-state index in [-0.39, 0.29) is 0 Å². The Balaban J connectivity index is 1.71. The molecule has 0 radical (unpaired) electrons. The summed E-state index contributed by atoms with van der Waals surface area (Å²) in [4.78, 5) is 35.6. The van der Waals surface area contributed by atoms with Crippen molar-refractivity contribution in [3.05, 3.63) is 52.7 Å². The number of esters is 1. The van der Waals surface area contributed by atoms with E-state index < -0.39 is 24.5 Å². The number of thiophene rings is 1. The summed E-state index contributed by atoms with van der Waals surface area (Å²) < 4.78 is 9.75. The standard InChI is InChI=1S/C17H16N2O5S/c1-23-13-6-4-12(5-7-13)18-17(22)19-15(20)11-24-16(21)9-8-14-3-2-10-25-14/h2-10H,11H2,1H3,(H2,18,19,20,22)/b9-8+. The molecule has 130 valence electrons. The number of hydrogen-bond donors (Lipinski definition) is 2. The van der Waals surface area contributed by atoms with Crippen LogP contribution in [0.2, 0.25) is 0 Å². The first-order valence-electron chi connectivity index (χ1n) is 7.20. The molecule has 25 heavy (non-hydrogen) atoms. The van der Waals surface area contributed by atoms with Crippen molar-refractivity contribution < 1.29 is 23.9 Å². The summed E-state index contributed by atoms with van der Waals surface area (Å²) in [5.41, 5.74) is 0.488. The second kappa shape index (κ2) is 9.24. The Morgan fingerprint density at radius 3 is 2.56 bits per heavy atom. The quantitative estimate of drug-likeness (QED) is 0.610. The van der Waals surface area contributed by atoms with E-state index in [1.807, 2.05) is 17.5 Å². The van der Waals surface area contributed by atoms with E-state index in [1.165, 1.54) is 24.5 Å². The monoisotopic (exact) mass is 360 g/mol. The molecule has 0 saturated carbocycles. The van der Waals surface area contributed by atoms with Gasteiger partial charge in [-0.15, -0.1) is 11.3 Å². The van der Waals surface area contributed by atoms with Crippen molar-refractivity contribution in [2.24, 2.45) is 0 Å². The normalized spacial score (nSPS) is 10.3. The highest BCUT2D eigenvalue weighted by molar-refractivity contribution is 7.10. The van der Waals surface area contributed by atoms with Crippen molar-refractivity contribution in [3.63, 3.8) is 0 Å². The molecule has 0 atom stereocenters. The van der Waals surface area contributed by atoms with Gasteiger partial charge in [0, 0.05) is 16.6 Å². The van der Waals surface area contributed by atoms with E-state index in [0.717, 1.165) is 4.88 Å². The first kappa shape index (κ1) is 18.2. The summed E-state index contributed by atoms with van der Waals surface area (Å²) in [5, 5.41) is 6.41. The Bertz CT molecular complexity index is 754. The summed E-state index contributed by atoms with van der Waals surface area (Å²) in [7, 11) is 1.53. The molecule has 2 rings (SSSR count). The molecule has 0 aliphatic heterocycles. The van der Waals surface area contributed by atoms with Crippen LogP contribution in [-0.4, -0.2) is 31.6 Å². The summed E-state index contributed by atoms with van der Waals surface area (Å²) in [6, 6.07) is 9.55. The molecule has 0 bridgehead atoms.